The van der Waals surface area contributed by atoms with Gasteiger partial charge in [0, 0.05) is 24.3 Å². The van der Waals surface area contributed by atoms with Crippen molar-refractivity contribution in [1.29, 1.82) is 0 Å². The number of carbonyl (C=O) groups is 1. The van der Waals surface area contributed by atoms with Crippen LogP contribution < -0.4 is 10.4 Å². The summed E-state index contributed by atoms with van der Waals surface area (Å²) in [5.74, 6) is -1.00. The van der Waals surface area contributed by atoms with Gasteiger partial charge in [-0.1, -0.05) is 177 Å². The molecule has 0 amide bonds. The third-order valence-corrected chi connectivity index (χ3v) is 26.2. The maximum atomic E-state index is 14.0. The highest BCUT2D eigenvalue weighted by molar-refractivity contribution is 7.99. The van der Waals surface area contributed by atoms with Crippen molar-refractivity contribution in [2.24, 2.45) is 5.92 Å². The Kier molecular flexibility index (Phi) is 18.1. The fourth-order valence-corrected chi connectivity index (χ4v) is 16.6. The number of ether oxygens (including phenoxy) is 3. The zero-order valence-corrected chi connectivity index (χ0v) is 47.0. The Bertz CT molecular complexity index is 2140. The van der Waals surface area contributed by atoms with Gasteiger partial charge < -0.3 is 23.1 Å². The minimum Gasteiger partial charge on any atom is -0.462 e. The van der Waals surface area contributed by atoms with Crippen LogP contribution >= 0.6 is 11.8 Å². The van der Waals surface area contributed by atoms with Gasteiger partial charge in [0.2, 0.25) is 0 Å². The Morgan fingerprint density at radius 2 is 1.30 bits per heavy atom. The molecule has 66 heavy (non-hydrogen) atoms. The topological polar surface area (TPSA) is 63.2 Å². The highest BCUT2D eigenvalue weighted by Gasteiger charge is 2.52. The van der Waals surface area contributed by atoms with Crippen molar-refractivity contribution in [3.63, 3.8) is 0 Å². The lowest BCUT2D eigenvalue weighted by Crippen LogP contribution is -2.67. The lowest BCUT2D eigenvalue weighted by molar-refractivity contribution is -0.152. The number of aryl methyl sites for hydroxylation is 1. The summed E-state index contributed by atoms with van der Waals surface area (Å²) in [7, 11) is -6.51. The molecule has 1 fully saturated rings. The molecule has 1 heterocycles. The summed E-state index contributed by atoms with van der Waals surface area (Å²) < 4.78 is 34.8. The molecular weight excluding hydrogens is 885 g/mol. The third kappa shape index (κ3) is 13.8. The molecular formula is C56H82O6SSi3. The highest BCUT2D eigenvalue weighted by atomic mass is 32.2. The van der Waals surface area contributed by atoms with E-state index in [1.54, 1.807) is 11.8 Å². The van der Waals surface area contributed by atoms with Crippen molar-refractivity contribution in [2.75, 3.05) is 6.61 Å². The van der Waals surface area contributed by atoms with Crippen molar-refractivity contribution in [2.45, 2.75) is 178 Å². The number of carbonyl (C=O) groups excluding carboxylic acids is 1. The largest absolute Gasteiger partial charge is 0.462 e. The minimum atomic E-state index is -2.79. The predicted octanol–water partition coefficient (Wildman–Crippen LogP) is 14.2. The number of benzene rings is 4. The maximum absolute atomic E-state index is 14.0. The SMILES string of the molecule is Cc1cccc(C(CC[C@@H]2OC(C)(C)O[C@@H]2C(/C=C\[C@@H](C)[C@H](C)O[Si](c2ccccc2)(c2ccccc2)C(C)(C)C)O[Si](C)(C)C(C)(C)C)Sc2ccccc2)c1C(=O)OCC[Si](C)(C)C. The van der Waals surface area contributed by atoms with Crippen LogP contribution in [0.1, 0.15) is 109 Å². The summed E-state index contributed by atoms with van der Waals surface area (Å²) in [6.45, 7) is 36.4. The van der Waals surface area contributed by atoms with Crippen molar-refractivity contribution in [3.8, 4) is 0 Å². The predicted molar refractivity (Wildman–Crippen MR) is 286 cm³/mol. The number of thioether (sulfide) groups is 1. The van der Waals surface area contributed by atoms with E-state index in [0.29, 0.717) is 18.6 Å². The zero-order valence-electron chi connectivity index (χ0n) is 43.2. The quantitative estimate of drug-likeness (QED) is 0.0378. The highest BCUT2D eigenvalue weighted by Crippen LogP contribution is 2.45. The van der Waals surface area contributed by atoms with Crippen molar-refractivity contribution >= 4 is 52.8 Å². The maximum Gasteiger partial charge on any atom is 0.338 e. The molecule has 10 heteroatoms. The standard InChI is InChI=1S/C56H82O6SSi3/c1-41(43(3)61-66(55(7,8)9,45-30-22-18-23-31-45)46-32-24-19-25-33-46)35-36-49(62-65(15,16)54(4,5)6)52-48(59-56(10,11)60-52)37-38-50(63-44-28-20-17-21-29-44)47-34-26-27-42(2)51(47)53(57)58-39-40-64(12,13)14/h17-36,41,43,48-50,52H,37-40H2,1-16H3/b36-35-/t41-,43+,48+,49?,50?,52+/m1/s1. The molecule has 0 radical (unpaired) electrons. The van der Waals surface area contributed by atoms with E-state index < -0.39 is 30.5 Å². The fourth-order valence-electron chi connectivity index (χ4n) is 8.63. The molecule has 0 saturated carbocycles. The number of hydrogen-bond acceptors (Lipinski definition) is 7. The molecule has 2 unspecified atom stereocenters. The van der Waals surface area contributed by atoms with E-state index in [0.717, 1.165) is 28.5 Å². The second-order valence-corrected chi connectivity index (χ2v) is 38.6. The van der Waals surface area contributed by atoms with Gasteiger partial charge in [-0.3, -0.25) is 0 Å². The Morgan fingerprint density at radius 3 is 1.83 bits per heavy atom. The van der Waals surface area contributed by atoms with Gasteiger partial charge in [0.1, 0.15) is 6.10 Å². The Hall–Kier alpha value is -3.07. The number of esters is 1. The first-order valence-electron chi connectivity index (χ1n) is 24.2. The molecule has 0 aliphatic carbocycles. The molecule has 1 aliphatic rings. The summed E-state index contributed by atoms with van der Waals surface area (Å²) in [5, 5.41) is 2.33. The van der Waals surface area contributed by atoms with Crippen LogP contribution in [0.4, 0.5) is 0 Å². The zero-order chi connectivity index (χ0) is 48.7. The van der Waals surface area contributed by atoms with Crippen LogP contribution in [0.2, 0.25) is 48.9 Å². The molecule has 0 N–H and O–H groups in total. The van der Waals surface area contributed by atoms with Crippen LogP contribution in [0.15, 0.2) is 126 Å². The van der Waals surface area contributed by atoms with Crippen molar-refractivity contribution in [1.82, 2.24) is 0 Å². The molecule has 4 aromatic carbocycles. The molecule has 0 aromatic heterocycles. The van der Waals surface area contributed by atoms with E-state index in [2.05, 4.69) is 197 Å². The van der Waals surface area contributed by atoms with Crippen LogP contribution in [0, 0.1) is 12.8 Å². The number of hydrogen-bond donors (Lipinski definition) is 0. The molecule has 5 rings (SSSR count). The molecule has 0 bridgehead atoms. The smallest absolute Gasteiger partial charge is 0.338 e. The first-order chi connectivity index (χ1) is 30.7. The van der Waals surface area contributed by atoms with Gasteiger partial charge in [-0.15, -0.1) is 11.8 Å². The van der Waals surface area contributed by atoms with E-state index in [9.17, 15) is 4.79 Å². The summed E-state index contributed by atoms with van der Waals surface area (Å²) >= 11 is 1.79. The second kappa shape index (κ2) is 22.1. The third-order valence-electron chi connectivity index (χ3n) is 13.6. The van der Waals surface area contributed by atoms with Crippen LogP contribution in [0.3, 0.4) is 0 Å². The fraction of sp³-hybridized carbons (Fsp3) is 0.518. The van der Waals surface area contributed by atoms with E-state index >= 15 is 0 Å². The van der Waals surface area contributed by atoms with E-state index in [4.69, 9.17) is 23.1 Å². The van der Waals surface area contributed by atoms with Gasteiger partial charge in [0.15, 0.2) is 14.1 Å². The van der Waals surface area contributed by atoms with Gasteiger partial charge in [-0.05, 0) is 109 Å². The van der Waals surface area contributed by atoms with Gasteiger partial charge in [-0.2, -0.15) is 0 Å². The molecule has 6 atom stereocenters. The summed E-state index contributed by atoms with van der Waals surface area (Å²) in [4.78, 5) is 15.1. The van der Waals surface area contributed by atoms with E-state index in [1.807, 2.05) is 32.9 Å². The summed E-state index contributed by atoms with van der Waals surface area (Å²) in [5.41, 5.74) is 2.60. The van der Waals surface area contributed by atoms with Crippen LogP contribution in [-0.4, -0.2) is 67.5 Å². The van der Waals surface area contributed by atoms with Crippen LogP contribution in [0.5, 0.6) is 0 Å². The minimum absolute atomic E-state index is 0.0302. The van der Waals surface area contributed by atoms with Crippen molar-refractivity contribution in [3.05, 3.63) is 138 Å². The van der Waals surface area contributed by atoms with E-state index in [-0.39, 0.29) is 51.6 Å². The molecule has 4 aromatic rings. The molecule has 1 saturated heterocycles. The van der Waals surface area contributed by atoms with E-state index in [1.165, 1.54) is 10.4 Å². The number of rotatable bonds is 20. The normalized spacial score (nSPS) is 19.1. The summed E-state index contributed by atoms with van der Waals surface area (Å²) in [6, 6.07) is 39.4. The first-order valence-corrected chi connectivity index (χ1v) is 33.6. The van der Waals surface area contributed by atoms with Crippen molar-refractivity contribution < 1.29 is 27.9 Å². The lowest BCUT2D eigenvalue weighted by Gasteiger charge is -2.45. The van der Waals surface area contributed by atoms with Crippen LogP contribution in [-0.2, 0) is 23.1 Å². The first kappa shape index (κ1) is 53.9. The average Bonchev–Trinajstić information content (AvgIpc) is 3.55. The summed E-state index contributed by atoms with van der Waals surface area (Å²) in [6.07, 6.45) is 4.90. The van der Waals surface area contributed by atoms with Gasteiger partial charge in [-0.25, -0.2) is 4.79 Å². The Balaban J connectivity index is 1.49. The monoisotopic (exact) mass is 967 g/mol. The second-order valence-electron chi connectivity index (χ2n) is 22.7. The Morgan fingerprint density at radius 1 is 0.742 bits per heavy atom. The molecule has 6 nitrogen and oxygen atoms in total. The molecule has 0 spiro atoms. The van der Waals surface area contributed by atoms with Gasteiger partial charge in [0.25, 0.3) is 8.32 Å². The lowest BCUT2D eigenvalue weighted by atomic mass is 9.94. The molecule has 1 aliphatic heterocycles. The molecule has 360 valence electrons. The Labute approximate surface area is 407 Å². The average molecular weight is 968 g/mol. The van der Waals surface area contributed by atoms with Crippen LogP contribution in [0.25, 0.3) is 0 Å². The van der Waals surface area contributed by atoms with Gasteiger partial charge >= 0.3 is 5.97 Å². The van der Waals surface area contributed by atoms with Gasteiger partial charge in [0.05, 0.1) is 24.4 Å².